The van der Waals surface area contributed by atoms with Crippen LogP contribution in [0.25, 0.3) is 0 Å². The van der Waals surface area contributed by atoms with Crippen LogP contribution >= 0.6 is 0 Å². The molecular weight excluding hydrogens is 290 g/mol. The van der Waals surface area contributed by atoms with Crippen LogP contribution in [-0.4, -0.2) is 18.9 Å². The Balaban J connectivity index is 2.01. The zero-order valence-corrected chi connectivity index (χ0v) is 13.3. The van der Waals surface area contributed by atoms with Crippen molar-refractivity contribution in [2.24, 2.45) is 0 Å². The molecule has 0 radical (unpaired) electrons. The number of hydrogen-bond acceptors (Lipinski definition) is 3. The smallest absolute Gasteiger partial charge is 0.244 e. The van der Waals surface area contributed by atoms with Crippen molar-refractivity contribution in [1.29, 1.82) is 0 Å². The van der Waals surface area contributed by atoms with Gasteiger partial charge in [0.05, 0.1) is 18.2 Å². The minimum Gasteiger partial charge on any atom is -0.497 e. The highest BCUT2D eigenvalue weighted by Gasteiger charge is 2.51. The van der Waals surface area contributed by atoms with E-state index in [1.165, 1.54) is 4.90 Å². The highest BCUT2D eigenvalue weighted by molar-refractivity contribution is 6.24. The summed E-state index contributed by atoms with van der Waals surface area (Å²) in [4.78, 5) is 27.0. The number of rotatable bonds is 4. The summed E-state index contributed by atoms with van der Waals surface area (Å²) in [6.45, 7) is 1.95. The summed E-state index contributed by atoms with van der Waals surface area (Å²) in [5, 5.41) is 0. The first-order valence-electron chi connectivity index (χ1n) is 7.69. The minimum absolute atomic E-state index is 0.152. The van der Waals surface area contributed by atoms with Crippen LogP contribution in [0.15, 0.2) is 54.6 Å². The van der Waals surface area contributed by atoms with Gasteiger partial charge < -0.3 is 4.74 Å². The molecule has 2 aromatic rings. The van der Waals surface area contributed by atoms with Crippen molar-refractivity contribution in [2.45, 2.75) is 25.2 Å². The average molecular weight is 309 g/mol. The third-order valence-electron chi connectivity index (χ3n) is 4.58. The SMILES string of the molecule is CCC1(c2ccccc2)CC(=O)N(c2ccc(OC)cc2)C1=O. The van der Waals surface area contributed by atoms with Crippen LogP contribution in [0.1, 0.15) is 25.3 Å². The van der Waals surface area contributed by atoms with Crippen LogP contribution in [0.2, 0.25) is 0 Å². The Morgan fingerprint density at radius 1 is 1.04 bits per heavy atom. The maximum atomic E-state index is 13.1. The monoisotopic (exact) mass is 309 g/mol. The van der Waals surface area contributed by atoms with Gasteiger partial charge in [-0.1, -0.05) is 37.3 Å². The molecule has 1 saturated heterocycles. The third kappa shape index (κ3) is 2.40. The van der Waals surface area contributed by atoms with Crippen LogP contribution < -0.4 is 9.64 Å². The molecule has 0 saturated carbocycles. The number of amides is 2. The molecule has 1 aliphatic rings. The predicted octanol–water partition coefficient (Wildman–Crippen LogP) is 3.31. The average Bonchev–Trinajstić information content (AvgIpc) is 2.87. The van der Waals surface area contributed by atoms with Gasteiger partial charge in [0.1, 0.15) is 5.75 Å². The van der Waals surface area contributed by atoms with Gasteiger partial charge in [-0.15, -0.1) is 0 Å². The van der Waals surface area contributed by atoms with Crippen molar-refractivity contribution in [3.8, 4) is 5.75 Å². The van der Waals surface area contributed by atoms with Crippen LogP contribution in [0, 0.1) is 0 Å². The molecule has 4 heteroatoms. The van der Waals surface area contributed by atoms with Gasteiger partial charge in [-0.2, -0.15) is 0 Å². The molecule has 118 valence electrons. The molecule has 2 amide bonds. The van der Waals surface area contributed by atoms with E-state index in [1.54, 1.807) is 31.4 Å². The van der Waals surface area contributed by atoms with Crippen LogP contribution in [0.3, 0.4) is 0 Å². The summed E-state index contributed by atoms with van der Waals surface area (Å²) in [5.74, 6) is 0.380. The highest BCUT2D eigenvalue weighted by atomic mass is 16.5. The van der Waals surface area contributed by atoms with Crippen molar-refractivity contribution in [3.63, 3.8) is 0 Å². The first-order chi connectivity index (χ1) is 11.1. The standard InChI is InChI=1S/C19H19NO3/c1-3-19(14-7-5-4-6-8-14)13-17(21)20(18(19)22)15-9-11-16(23-2)12-10-15/h4-12H,3,13H2,1-2H3. The van der Waals surface area contributed by atoms with Gasteiger partial charge in [-0.05, 0) is 36.2 Å². The molecule has 3 rings (SSSR count). The molecule has 1 heterocycles. The zero-order chi connectivity index (χ0) is 16.4. The fraction of sp³-hybridized carbons (Fsp3) is 0.263. The first kappa shape index (κ1) is 15.3. The van der Waals surface area contributed by atoms with E-state index in [4.69, 9.17) is 4.74 Å². The molecule has 0 aliphatic carbocycles. The van der Waals surface area contributed by atoms with Gasteiger partial charge in [0, 0.05) is 6.42 Å². The van der Waals surface area contributed by atoms with Crippen LogP contribution in [-0.2, 0) is 15.0 Å². The summed E-state index contributed by atoms with van der Waals surface area (Å²) >= 11 is 0. The molecule has 2 aromatic carbocycles. The number of ether oxygens (including phenoxy) is 1. The van der Waals surface area contributed by atoms with Gasteiger partial charge in [0.15, 0.2) is 0 Å². The normalized spacial score (nSPS) is 20.9. The van der Waals surface area contributed by atoms with Crippen molar-refractivity contribution >= 4 is 17.5 Å². The first-order valence-corrected chi connectivity index (χ1v) is 7.69. The van der Waals surface area contributed by atoms with Gasteiger partial charge in [-0.25, -0.2) is 4.90 Å². The topological polar surface area (TPSA) is 46.6 Å². The lowest BCUT2D eigenvalue weighted by Gasteiger charge is -2.26. The number of carbonyl (C=O) groups excluding carboxylic acids is 2. The number of hydrogen-bond donors (Lipinski definition) is 0. The van der Waals surface area contributed by atoms with Gasteiger partial charge in [0.2, 0.25) is 11.8 Å². The second kappa shape index (κ2) is 5.88. The number of anilines is 1. The van der Waals surface area contributed by atoms with E-state index < -0.39 is 5.41 Å². The molecule has 4 nitrogen and oxygen atoms in total. The summed E-state index contributed by atoms with van der Waals surface area (Å²) in [6, 6.07) is 16.6. The quantitative estimate of drug-likeness (QED) is 0.814. The second-order valence-corrected chi connectivity index (χ2v) is 5.71. The lowest BCUT2D eigenvalue weighted by Crippen LogP contribution is -2.38. The van der Waals surface area contributed by atoms with E-state index in [1.807, 2.05) is 37.3 Å². The molecule has 23 heavy (non-hydrogen) atoms. The molecule has 1 atom stereocenters. The van der Waals surface area contributed by atoms with E-state index in [0.717, 1.165) is 5.56 Å². The van der Waals surface area contributed by atoms with Crippen molar-refractivity contribution in [1.82, 2.24) is 0 Å². The molecule has 0 bridgehead atoms. The maximum Gasteiger partial charge on any atom is 0.244 e. The molecule has 0 spiro atoms. The Hall–Kier alpha value is -2.62. The molecule has 1 fully saturated rings. The van der Waals surface area contributed by atoms with Crippen molar-refractivity contribution in [3.05, 3.63) is 60.2 Å². The lowest BCUT2D eigenvalue weighted by atomic mass is 9.76. The fourth-order valence-corrected chi connectivity index (χ4v) is 3.20. The fourth-order valence-electron chi connectivity index (χ4n) is 3.20. The Kier molecular flexibility index (Phi) is 3.90. The molecular formula is C19H19NO3. The van der Waals surface area contributed by atoms with E-state index in [9.17, 15) is 9.59 Å². The number of methoxy groups -OCH3 is 1. The highest BCUT2D eigenvalue weighted by Crippen LogP contribution is 2.41. The molecule has 1 unspecified atom stereocenters. The van der Waals surface area contributed by atoms with Crippen LogP contribution in [0.5, 0.6) is 5.75 Å². The minimum atomic E-state index is -0.766. The Morgan fingerprint density at radius 3 is 2.26 bits per heavy atom. The largest absolute Gasteiger partial charge is 0.497 e. The Labute approximate surface area is 135 Å². The van der Waals surface area contributed by atoms with Gasteiger partial charge in [0.25, 0.3) is 0 Å². The molecule has 0 N–H and O–H groups in total. The van der Waals surface area contributed by atoms with E-state index >= 15 is 0 Å². The summed E-state index contributed by atoms with van der Waals surface area (Å²) in [7, 11) is 1.58. The third-order valence-corrected chi connectivity index (χ3v) is 4.58. The predicted molar refractivity (Wildman–Crippen MR) is 88.5 cm³/mol. The number of imide groups is 1. The number of nitrogens with zero attached hydrogens (tertiary/aromatic N) is 1. The Bertz CT molecular complexity index is 724. The van der Waals surface area contributed by atoms with Crippen LogP contribution in [0.4, 0.5) is 5.69 Å². The van der Waals surface area contributed by atoms with Crippen molar-refractivity contribution in [2.75, 3.05) is 12.0 Å². The Morgan fingerprint density at radius 2 is 1.70 bits per heavy atom. The maximum absolute atomic E-state index is 13.1. The van der Waals surface area contributed by atoms with E-state index in [0.29, 0.717) is 17.9 Å². The number of benzene rings is 2. The lowest BCUT2D eigenvalue weighted by molar-refractivity contribution is -0.123. The summed E-state index contributed by atoms with van der Waals surface area (Å²) in [5.41, 5.74) is 0.724. The zero-order valence-electron chi connectivity index (χ0n) is 13.3. The van der Waals surface area contributed by atoms with Crippen molar-refractivity contribution < 1.29 is 14.3 Å². The van der Waals surface area contributed by atoms with Gasteiger partial charge in [-0.3, -0.25) is 9.59 Å². The second-order valence-electron chi connectivity index (χ2n) is 5.71. The summed E-state index contributed by atoms with van der Waals surface area (Å²) in [6.07, 6.45) is 0.798. The van der Waals surface area contributed by atoms with E-state index in [2.05, 4.69) is 0 Å². The molecule has 1 aliphatic heterocycles. The van der Waals surface area contributed by atoms with E-state index in [-0.39, 0.29) is 18.2 Å². The molecule has 0 aromatic heterocycles. The number of carbonyl (C=O) groups is 2. The summed E-state index contributed by atoms with van der Waals surface area (Å²) < 4.78 is 5.13. The van der Waals surface area contributed by atoms with Gasteiger partial charge >= 0.3 is 0 Å².